The molecule has 0 fully saturated rings. The minimum Gasteiger partial charge on any atom is -0.363 e. The Kier molecular flexibility index (Phi) is 7.45. The van der Waals surface area contributed by atoms with Crippen LogP contribution in [0.25, 0.3) is 0 Å². The second-order valence-corrected chi connectivity index (χ2v) is 9.63. The zero-order valence-electron chi connectivity index (χ0n) is 19.6. The van der Waals surface area contributed by atoms with E-state index in [2.05, 4.69) is 55.6 Å². The number of amides is 1. The van der Waals surface area contributed by atoms with Crippen LogP contribution in [0.2, 0.25) is 5.02 Å². The highest BCUT2D eigenvalue weighted by Gasteiger charge is 2.38. The van der Waals surface area contributed by atoms with E-state index in [4.69, 9.17) is 11.6 Å². The Morgan fingerprint density at radius 1 is 1.15 bits per heavy atom. The molecular weight excluding hydrogens is 455 g/mol. The van der Waals surface area contributed by atoms with Crippen molar-refractivity contribution in [2.45, 2.75) is 64.1 Å². The van der Waals surface area contributed by atoms with Crippen molar-refractivity contribution in [1.29, 1.82) is 0 Å². The van der Waals surface area contributed by atoms with Gasteiger partial charge in [0.05, 0.1) is 23.3 Å². The van der Waals surface area contributed by atoms with Crippen LogP contribution in [0.5, 0.6) is 0 Å². The minimum absolute atomic E-state index is 0. The van der Waals surface area contributed by atoms with Crippen molar-refractivity contribution in [2.75, 3.05) is 5.32 Å². The summed E-state index contributed by atoms with van der Waals surface area (Å²) in [5, 5.41) is 12.2. The van der Waals surface area contributed by atoms with Crippen LogP contribution >= 0.6 is 24.0 Å². The number of fused-ring (bicyclic) bond motifs is 1. The summed E-state index contributed by atoms with van der Waals surface area (Å²) in [4.78, 5) is 13.6. The van der Waals surface area contributed by atoms with Crippen molar-refractivity contribution in [3.05, 3.63) is 82.5 Å². The number of nitrogens with zero attached hydrogens (tertiary/aromatic N) is 2. The largest absolute Gasteiger partial charge is 0.363 e. The zero-order valence-corrected chi connectivity index (χ0v) is 21.1. The molecule has 3 aromatic rings. The number of halogens is 2. The van der Waals surface area contributed by atoms with Crippen LogP contribution in [0.4, 0.5) is 5.82 Å². The van der Waals surface area contributed by atoms with E-state index in [1.54, 1.807) is 6.20 Å². The van der Waals surface area contributed by atoms with E-state index >= 15 is 0 Å². The molecule has 0 bridgehead atoms. The van der Waals surface area contributed by atoms with Gasteiger partial charge in [0.25, 0.3) is 5.91 Å². The van der Waals surface area contributed by atoms with E-state index in [-0.39, 0.29) is 29.9 Å². The quantitative estimate of drug-likeness (QED) is 0.407. The van der Waals surface area contributed by atoms with Crippen LogP contribution in [0.1, 0.15) is 74.5 Å². The molecule has 1 unspecified atom stereocenters. The molecule has 1 amide bonds. The van der Waals surface area contributed by atoms with E-state index < -0.39 is 5.54 Å². The number of carbonyl (C=O) groups is 1. The molecule has 1 aromatic heterocycles. The van der Waals surface area contributed by atoms with Crippen LogP contribution in [-0.4, -0.2) is 15.7 Å². The van der Waals surface area contributed by atoms with Crippen molar-refractivity contribution in [1.82, 2.24) is 15.1 Å². The van der Waals surface area contributed by atoms with Crippen LogP contribution in [-0.2, 0) is 11.1 Å². The fourth-order valence-electron chi connectivity index (χ4n) is 4.76. The summed E-state index contributed by atoms with van der Waals surface area (Å²) < 4.78 is 1.95. The van der Waals surface area contributed by atoms with Gasteiger partial charge in [0.15, 0.2) is 0 Å². The van der Waals surface area contributed by atoms with E-state index in [1.165, 1.54) is 5.56 Å². The normalized spacial score (nSPS) is 16.8. The van der Waals surface area contributed by atoms with Crippen molar-refractivity contribution in [3.63, 3.8) is 0 Å². The first-order valence-electron chi connectivity index (χ1n) is 11.3. The van der Waals surface area contributed by atoms with Crippen LogP contribution in [0.15, 0.2) is 60.8 Å². The van der Waals surface area contributed by atoms with Crippen molar-refractivity contribution < 1.29 is 4.79 Å². The van der Waals surface area contributed by atoms with Gasteiger partial charge in [0, 0.05) is 5.02 Å². The molecule has 33 heavy (non-hydrogen) atoms. The molecule has 0 aliphatic carbocycles. The molecule has 0 spiro atoms. The number of rotatable bonds is 6. The van der Waals surface area contributed by atoms with Crippen LogP contribution in [0, 0.1) is 0 Å². The summed E-state index contributed by atoms with van der Waals surface area (Å²) in [5.74, 6) is 0.645. The summed E-state index contributed by atoms with van der Waals surface area (Å²) in [7, 11) is 0. The Hall–Kier alpha value is -2.50. The SMILES string of the molecule is CCC(CC)(NC(=O)c1cnn2c1NC(c1ccccc1)CC2(C)C)c1ccc(Cl)cc1.Cl. The van der Waals surface area contributed by atoms with Gasteiger partial charge < -0.3 is 10.6 Å². The number of hydrogen-bond donors (Lipinski definition) is 2. The number of benzene rings is 2. The molecule has 176 valence electrons. The number of anilines is 1. The lowest BCUT2D eigenvalue weighted by Gasteiger charge is -2.38. The average Bonchev–Trinajstić information content (AvgIpc) is 3.24. The second-order valence-electron chi connectivity index (χ2n) is 9.19. The van der Waals surface area contributed by atoms with Gasteiger partial charge in [-0.15, -0.1) is 12.4 Å². The average molecular weight is 487 g/mol. The summed E-state index contributed by atoms with van der Waals surface area (Å²) >= 11 is 6.10. The molecule has 4 rings (SSSR count). The van der Waals surface area contributed by atoms with Gasteiger partial charge in [0.2, 0.25) is 0 Å². The molecule has 2 N–H and O–H groups in total. The van der Waals surface area contributed by atoms with Gasteiger partial charge in [-0.3, -0.25) is 4.79 Å². The molecule has 0 saturated heterocycles. The molecular formula is C26H32Cl2N4O. The molecule has 1 aliphatic heterocycles. The maximum atomic E-state index is 13.6. The third kappa shape index (κ3) is 4.75. The molecule has 2 aromatic carbocycles. The van der Waals surface area contributed by atoms with Crippen molar-refractivity contribution >= 4 is 35.7 Å². The van der Waals surface area contributed by atoms with E-state index in [9.17, 15) is 4.79 Å². The summed E-state index contributed by atoms with van der Waals surface area (Å²) in [6, 6.07) is 18.2. The summed E-state index contributed by atoms with van der Waals surface area (Å²) in [6.07, 6.45) is 4.11. The first kappa shape index (κ1) is 25.1. The fraction of sp³-hybridized carbons (Fsp3) is 0.385. The Morgan fingerprint density at radius 3 is 2.39 bits per heavy atom. The van der Waals surface area contributed by atoms with Crippen molar-refractivity contribution in [3.8, 4) is 0 Å². The van der Waals surface area contributed by atoms with Gasteiger partial charge in [-0.2, -0.15) is 5.10 Å². The lowest BCUT2D eigenvalue weighted by atomic mass is 9.84. The first-order valence-corrected chi connectivity index (χ1v) is 11.7. The highest BCUT2D eigenvalue weighted by atomic mass is 35.5. The maximum absolute atomic E-state index is 13.6. The monoisotopic (exact) mass is 486 g/mol. The Morgan fingerprint density at radius 2 is 1.79 bits per heavy atom. The number of nitrogens with one attached hydrogen (secondary N) is 2. The van der Waals surface area contributed by atoms with Gasteiger partial charge in [-0.05, 0) is 56.4 Å². The molecule has 1 aliphatic rings. The Bertz CT molecular complexity index is 1090. The van der Waals surface area contributed by atoms with Gasteiger partial charge >= 0.3 is 0 Å². The smallest absolute Gasteiger partial charge is 0.257 e. The number of carbonyl (C=O) groups excluding carboxylic acids is 1. The van der Waals surface area contributed by atoms with Gasteiger partial charge in [-0.1, -0.05) is 67.9 Å². The summed E-state index contributed by atoms with van der Waals surface area (Å²) in [6.45, 7) is 8.52. The van der Waals surface area contributed by atoms with Gasteiger partial charge in [-0.25, -0.2) is 4.68 Å². The predicted octanol–water partition coefficient (Wildman–Crippen LogP) is 6.70. The molecule has 2 heterocycles. The molecule has 7 heteroatoms. The molecule has 0 radical (unpaired) electrons. The van der Waals surface area contributed by atoms with E-state index in [0.717, 1.165) is 30.6 Å². The Balaban J connectivity index is 0.00000306. The zero-order chi connectivity index (χ0) is 22.9. The highest BCUT2D eigenvalue weighted by molar-refractivity contribution is 6.30. The topological polar surface area (TPSA) is 59.0 Å². The predicted molar refractivity (Wildman–Crippen MR) is 137 cm³/mol. The fourth-order valence-corrected chi connectivity index (χ4v) is 4.89. The molecule has 5 nitrogen and oxygen atoms in total. The third-order valence-corrected chi connectivity index (χ3v) is 7.01. The van der Waals surface area contributed by atoms with Gasteiger partial charge in [0.1, 0.15) is 11.4 Å². The van der Waals surface area contributed by atoms with E-state index in [0.29, 0.717) is 10.6 Å². The van der Waals surface area contributed by atoms with Crippen molar-refractivity contribution in [2.24, 2.45) is 0 Å². The minimum atomic E-state index is -0.473. The second kappa shape index (κ2) is 9.78. The number of aromatic nitrogens is 2. The standard InChI is InChI=1S/C26H31ClN4O.ClH/c1-5-26(6-2,19-12-14-20(27)15-13-19)30-24(32)21-17-28-31-23(21)29-22(16-25(31,3)4)18-10-8-7-9-11-18;/h7-15,17,22,29H,5-6,16H2,1-4H3,(H,30,32);1H. The maximum Gasteiger partial charge on any atom is 0.257 e. The summed E-state index contributed by atoms with van der Waals surface area (Å²) in [5.41, 5.74) is 2.13. The lowest BCUT2D eigenvalue weighted by Crippen LogP contribution is -2.45. The third-order valence-electron chi connectivity index (χ3n) is 6.76. The molecule has 1 atom stereocenters. The highest BCUT2D eigenvalue weighted by Crippen LogP contribution is 2.40. The van der Waals surface area contributed by atoms with Crippen LogP contribution in [0.3, 0.4) is 0 Å². The van der Waals surface area contributed by atoms with E-state index in [1.807, 2.05) is 47.1 Å². The first-order chi connectivity index (χ1) is 15.3. The lowest BCUT2D eigenvalue weighted by molar-refractivity contribution is 0.0890. The van der Waals surface area contributed by atoms with Crippen LogP contribution < -0.4 is 10.6 Å². The molecule has 0 saturated carbocycles. The number of hydrogen-bond acceptors (Lipinski definition) is 3. The Labute approximate surface area is 207 Å².